The molecule has 2 aromatic carbocycles. The average molecular weight is 444 g/mol. The third-order valence-electron chi connectivity index (χ3n) is 4.46. The Morgan fingerprint density at radius 3 is 2.48 bits per heavy atom. The summed E-state index contributed by atoms with van der Waals surface area (Å²) in [4.78, 5) is 33.6. The SMILES string of the molecule is O=C(CC1Sc2ccc(C(F)(F)F)cc2NC1=O)Nc1cnc(-c2ccccc2)nc1. The van der Waals surface area contributed by atoms with Gasteiger partial charge in [0.2, 0.25) is 11.8 Å². The van der Waals surface area contributed by atoms with Crippen LogP contribution in [-0.2, 0) is 15.8 Å². The number of carbonyl (C=O) groups excluding carboxylic acids is 2. The summed E-state index contributed by atoms with van der Waals surface area (Å²) >= 11 is 1.05. The topological polar surface area (TPSA) is 84.0 Å². The van der Waals surface area contributed by atoms with Gasteiger partial charge >= 0.3 is 6.18 Å². The van der Waals surface area contributed by atoms with Crippen molar-refractivity contribution in [2.45, 2.75) is 22.7 Å². The van der Waals surface area contributed by atoms with Gasteiger partial charge < -0.3 is 10.6 Å². The van der Waals surface area contributed by atoms with Gasteiger partial charge in [-0.2, -0.15) is 13.2 Å². The zero-order valence-corrected chi connectivity index (χ0v) is 16.6. The number of aromatic nitrogens is 2. The highest BCUT2D eigenvalue weighted by molar-refractivity contribution is 8.01. The van der Waals surface area contributed by atoms with Crippen molar-refractivity contribution in [3.05, 3.63) is 66.5 Å². The van der Waals surface area contributed by atoms with Crippen LogP contribution in [0.25, 0.3) is 11.4 Å². The number of halogens is 3. The molecule has 1 unspecified atom stereocenters. The number of nitrogens with one attached hydrogen (secondary N) is 2. The lowest BCUT2D eigenvalue weighted by Gasteiger charge is -2.24. The van der Waals surface area contributed by atoms with Crippen LogP contribution in [0, 0.1) is 0 Å². The normalized spacial score (nSPS) is 15.7. The first-order valence-corrected chi connectivity index (χ1v) is 10.0. The third kappa shape index (κ3) is 4.85. The molecule has 6 nitrogen and oxygen atoms in total. The van der Waals surface area contributed by atoms with Crippen LogP contribution in [0.4, 0.5) is 24.5 Å². The molecule has 0 saturated heterocycles. The van der Waals surface area contributed by atoms with Gasteiger partial charge in [-0.15, -0.1) is 11.8 Å². The highest BCUT2D eigenvalue weighted by atomic mass is 32.2. The molecule has 0 aliphatic carbocycles. The van der Waals surface area contributed by atoms with Crippen LogP contribution in [-0.4, -0.2) is 27.0 Å². The maximum absolute atomic E-state index is 12.8. The van der Waals surface area contributed by atoms with Crippen molar-refractivity contribution in [2.75, 3.05) is 10.6 Å². The van der Waals surface area contributed by atoms with Gasteiger partial charge in [0.15, 0.2) is 5.82 Å². The van der Waals surface area contributed by atoms with Crippen LogP contribution in [0.5, 0.6) is 0 Å². The molecule has 10 heteroatoms. The maximum atomic E-state index is 12.8. The summed E-state index contributed by atoms with van der Waals surface area (Å²) in [6.45, 7) is 0. The highest BCUT2D eigenvalue weighted by Gasteiger charge is 2.34. The molecule has 158 valence electrons. The Labute approximate surface area is 179 Å². The van der Waals surface area contributed by atoms with E-state index in [9.17, 15) is 22.8 Å². The summed E-state index contributed by atoms with van der Waals surface area (Å²) in [6, 6.07) is 12.5. The van der Waals surface area contributed by atoms with Crippen molar-refractivity contribution >= 4 is 35.0 Å². The minimum Gasteiger partial charge on any atom is -0.324 e. The van der Waals surface area contributed by atoms with Gasteiger partial charge in [0.25, 0.3) is 0 Å². The van der Waals surface area contributed by atoms with Crippen molar-refractivity contribution in [3.63, 3.8) is 0 Å². The molecule has 31 heavy (non-hydrogen) atoms. The number of nitrogens with zero attached hydrogens (tertiary/aromatic N) is 2. The molecule has 1 aliphatic heterocycles. The van der Waals surface area contributed by atoms with E-state index in [2.05, 4.69) is 20.6 Å². The number of rotatable bonds is 4. The van der Waals surface area contributed by atoms with Gasteiger partial charge in [-0.25, -0.2) is 9.97 Å². The van der Waals surface area contributed by atoms with E-state index in [1.54, 1.807) is 0 Å². The molecule has 4 rings (SSSR count). The maximum Gasteiger partial charge on any atom is 0.416 e. The van der Waals surface area contributed by atoms with E-state index in [4.69, 9.17) is 0 Å². The van der Waals surface area contributed by atoms with Crippen molar-refractivity contribution in [3.8, 4) is 11.4 Å². The first-order chi connectivity index (χ1) is 14.8. The molecule has 0 bridgehead atoms. The Balaban J connectivity index is 1.39. The Morgan fingerprint density at radius 1 is 1.10 bits per heavy atom. The molecule has 2 amide bonds. The third-order valence-corrected chi connectivity index (χ3v) is 5.74. The predicted molar refractivity (Wildman–Crippen MR) is 110 cm³/mol. The summed E-state index contributed by atoms with van der Waals surface area (Å²) in [6.07, 6.45) is -1.72. The molecule has 0 fully saturated rings. The van der Waals surface area contributed by atoms with Crippen LogP contribution in [0.3, 0.4) is 0 Å². The number of fused-ring (bicyclic) bond motifs is 1. The van der Waals surface area contributed by atoms with Crippen molar-refractivity contribution in [1.29, 1.82) is 0 Å². The molecule has 0 radical (unpaired) electrons. The molecular formula is C21H15F3N4O2S. The summed E-state index contributed by atoms with van der Waals surface area (Å²) in [5.74, 6) is -0.447. The monoisotopic (exact) mass is 444 g/mol. The van der Waals surface area contributed by atoms with Crippen molar-refractivity contribution < 1.29 is 22.8 Å². The van der Waals surface area contributed by atoms with E-state index >= 15 is 0 Å². The number of carbonyl (C=O) groups is 2. The first-order valence-electron chi connectivity index (χ1n) is 9.16. The lowest BCUT2D eigenvalue weighted by Crippen LogP contribution is -2.32. The summed E-state index contributed by atoms with van der Waals surface area (Å²) < 4.78 is 38.5. The molecule has 0 spiro atoms. The Bertz CT molecular complexity index is 1120. The van der Waals surface area contributed by atoms with Gasteiger partial charge in [-0.05, 0) is 18.2 Å². The molecule has 0 saturated carbocycles. The fourth-order valence-electron chi connectivity index (χ4n) is 2.97. The number of hydrogen-bond donors (Lipinski definition) is 2. The molecule has 2 N–H and O–H groups in total. The average Bonchev–Trinajstić information content (AvgIpc) is 2.74. The van der Waals surface area contributed by atoms with Crippen LogP contribution in [0.2, 0.25) is 0 Å². The summed E-state index contributed by atoms with van der Waals surface area (Å²) in [7, 11) is 0. The fraction of sp³-hybridized carbons (Fsp3) is 0.143. The quantitative estimate of drug-likeness (QED) is 0.614. The van der Waals surface area contributed by atoms with Crippen LogP contribution < -0.4 is 10.6 Å². The van der Waals surface area contributed by atoms with Crippen molar-refractivity contribution in [2.24, 2.45) is 0 Å². The lowest BCUT2D eigenvalue weighted by molar-refractivity contribution is -0.137. The molecule has 1 aromatic heterocycles. The second kappa shape index (κ2) is 8.38. The van der Waals surface area contributed by atoms with Crippen LogP contribution in [0.1, 0.15) is 12.0 Å². The number of alkyl halides is 3. The van der Waals surface area contributed by atoms with Crippen LogP contribution >= 0.6 is 11.8 Å². The standard InChI is InChI=1S/C21H15F3N4O2S/c22-21(23,24)13-6-7-16-15(8-13)28-20(30)17(31-16)9-18(29)27-14-10-25-19(26-11-14)12-4-2-1-3-5-12/h1-8,10-11,17H,9H2,(H,27,29)(H,28,30). The van der Waals surface area contributed by atoms with Gasteiger partial charge in [-0.3, -0.25) is 9.59 Å². The first kappa shape index (κ1) is 20.9. The van der Waals surface area contributed by atoms with Gasteiger partial charge in [0.05, 0.1) is 34.6 Å². The highest BCUT2D eigenvalue weighted by Crippen LogP contribution is 2.40. The Morgan fingerprint density at radius 2 is 1.81 bits per heavy atom. The zero-order valence-electron chi connectivity index (χ0n) is 15.8. The molecule has 2 heterocycles. The van der Waals surface area contributed by atoms with E-state index < -0.39 is 28.8 Å². The van der Waals surface area contributed by atoms with E-state index in [0.717, 1.165) is 29.5 Å². The summed E-state index contributed by atoms with van der Waals surface area (Å²) in [5, 5.41) is 4.32. The second-order valence-electron chi connectivity index (χ2n) is 6.72. The van der Waals surface area contributed by atoms with Crippen LogP contribution in [0.15, 0.2) is 65.8 Å². The lowest BCUT2D eigenvalue weighted by atomic mass is 10.1. The Hall–Kier alpha value is -3.40. The predicted octanol–water partition coefficient (Wildman–Crippen LogP) is 4.60. The second-order valence-corrected chi connectivity index (χ2v) is 7.96. The molecule has 3 aromatic rings. The van der Waals surface area contributed by atoms with Crippen molar-refractivity contribution in [1.82, 2.24) is 9.97 Å². The number of benzene rings is 2. The van der Waals surface area contributed by atoms with E-state index in [0.29, 0.717) is 16.4 Å². The molecule has 1 atom stereocenters. The van der Waals surface area contributed by atoms with Gasteiger partial charge in [0, 0.05) is 16.9 Å². The Kier molecular flexibility index (Phi) is 5.64. The minimum atomic E-state index is -4.50. The van der Waals surface area contributed by atoms with E-state index in [1.807, 2.05) is 30.3 Å². The fourth-order valence-corrected chi connectivity index (χ4v) is 4.06. The van der Waals surface area contributed by atoms with E-state index in [1.165, 1.54) is 18.5 Å². The number of anilines is 2. The molecule has 1 aliphatic rings. The van der Waals surface area contributed by atoms with E-state index in [-0.39, 0.29) is 12.1 Å². The largest absolute Gasteiger partial charge is 0.416 e. The number of thioether (sulfide) groups is 1. The van der Waals surface area contributed by atoms with Gasteiger partial charge in [0.1, 0.15) is 0 Å². The minimum absolute atomic E-state index is 0.0892. The molecular weight excluding hydrogens is 429 g/mol. The summed E-state index contributed by atoms with van der Waals surface area (Å²) in [5.41, 5.74) is 0.456. The van der Waals surface area contributed by atoms with Gasteiger partial charge in [-0.1, -0.05) is 30.3 Å². The zero-order chi connectivity index (χ0) is 22.0. The smallest absolute Gasteiger partial charge is 0.324 e. The number of hydrogen-bond acceptors (Lipinski definition) is 5. The number of amides is 2.